The molecule has 114 valence electrons. The van der Waals surface area contributed by atoms with Crippen molar-refractivity contribution in [1.29, 1.82) is 0 Å². The Balaban J connectivity index is 2.40. The molecule has 0 heterocycles. The molecule has 1 aromatic rings. The van der Waals surface area contributed by atoms with E-state index >= 15 is 0 Å². The lowest BCUT2D eigenvalue weighted by Crippen LogP contribution is -2.27. The summed E-state index contributed by atoms with van der Waals surface area (Å²) in [6.07, 6.45) is 11.9. The van der Waals surface area contributed by atoms with Crippen LogP contribution < -0.4 is 0 Å². The van der Waals surface area contributed by atoms with Gasteiger partial charge in [0.05, 0.1) is 0 Å². The summed E-state index contributed by atoms with van der Waals surface area (Å²) >= 11 is 6.34. The van der Waals surface area contributed by atoms with Gasteiger partial charge in [-0.3, -0.25) is 0 Å². The van der Waals surface area contributed by atoms with Crippen LogP contribution in [0.3, 0.4) is 0 Å². The summed E-state index contributed by atoms with van der Waals surface area (Å²) in [5.74, 6) is 0.739. The van der Waals surface area contributed by atoms with Gasteiger partial charge in [-0.05, 0) is 18.4 Å². The molecule has 1 atom stereocenters. The molecule has 0 saturated carbocycles. The molecule has 20 heavy (non-hydrogen) atoms. The summed E-state index contributed by atoms with van der Waals surface area (Å²) in [6.45, 7) is 4.55. The van der Waals surface area contributed by atoms with Crippen LogP contribution in [0.1, 0.15) is 77.2 Å². The molecular formula is C19H31Cl. The second kappa shape index (κ2) is 10.3. The van der Waals surface area contributed by atoms with Crippen molar-refractivity contribution in [2.24, 2.45) is 0 Å². The molecule has 0 spiro atoms. The first-order valence-electron chi connectivity index (χ1n) is 8.40. The summed E-state index contributed by atoms with van der Waals surface area (Å²) < 4.78 is 0. The van der Waals surface area contributed by atoms with E-state index in [1.165, 1.54) is 56.9 Å². The number of hydrogen-bond acceptors (Lipinski definition) is 0. The van der Waals surface area contributed by atoms with Crippen LogP contribution in [0.5, 0.6) is 0 Å². The smallest absolute Gasteiger partial charge is 0.0320 e. The van der Waals surface area contributed by atoms with Gasteiger partial charge < -0.3 is 0 Å². The predicted octanol–water partition coefficient (Wildman–Crippen LogP) is 6.71. The van der Waals surface area contributed by atoms with Gasteiger partial charge in [0.1, 0.15) is 0 Å². The number of unbranched alkanes of at least 4 members (excludes halogenated alkanes) is 6. The molecule has 0 nitrogen and oxygen atoms in total. The number of rotatable bonds is 11. The molecule has 0 saturated heterocycles. The van der Waals surface area contributed by atoms with Crippen LogP contribution in [0.15, 0.2) is 30.3 Å². The molecule has 0 aliphatic carbocycles. The Labute approximate surface area is 130 Å². The Hall–Kier alpha value is -0.490. The fraction of sp³-hybridized carbons (Fsp3) is 0.684. The molecule has 1 unspecified atom stereocenters. The van der Waals surface area contributed by atoms with Gasteiger partial charge in [0.15, 0.2) is 0 Å². The maximum atomic E-state index is 6.34. The number of hydrogen-bond donors (Lipinski definition) is 0. The zero-order valence-corrected chi connectivity index (χ0v) is 14.1. The molecule has 0 N–H and O–H groups in total. The molecule has 0 aromatic heterocycles. The topological polar surface area (TPSA) is 0 Å². The highest BCUT2D eigenvalue weighted by Crippen LogP contribution is 2.35. The molecule has 0 bridgehead atoms. The van der Waals surface area contributed by atoms with Crippen LogP contribution in [0.25, 0.3) is 0 Å². The van der Waals surface area contributed by atoms with E-state index in [4.69, 9.17) is 11.6 Å². The third-order valence-electron chi connectivity index (χ3n) is 4.58. The fourth-order valence-electron chi connectivity index (χ4n) is 2.98. The summed E-state index contributed by atoms with van der Waals surface area (Å²) in [6, 6.07) is 10.8. The van der Waals surface area contributed by atoms with Crippen LogP contribution in [0, 0.1) is 0 Å². The van der Waals surface area contributed by atoms with Crippen LogP contribution in [-0.2, 0) is 5.41 Å². The van der Waals surface area contributed by atoms with Crippen molar-refractivity contribution >= 4 is 11.6 Å². The van der Waals surface area contributed by atoms with Gasteiger partial charge in [0, 0.05) is 11.3 Å². The van der Waals surface area contributed by atoms with Crippen LogP contribution in [-0.4, -0.2) is 5.88 Å². The summed E-state index contributed by atoms with van der Waals surface area (Å²) in [5, 5.41) is 0. The highest BCUT2D eigenvalue weighted by atomic mass is 35.5. The number of benzene rings is 1. The lowest BCUT2D eigenvalue weighted by atomic mass is 9.76. The van der Waals surface area contributed by atoms with Gasteiger partial charge in [-0.25, -0.2) is 0 Å². The van der Waals surface area contributed by atoms with E-state index in [1.54, 1.807) is 0 Å². The second-order valence-electron chi connectivity index (χ2n) is 6.00. The molecule has 0 radical (unpaired) electrons. The van der Waals surface area contributed by atoms with E-state index in [9.17, 15) is 0 Å². The molecule has 1 heteroatoms. The Morgan fingerprint density at radius 2 is 1.45 bits per heavy atom. The minimum Gasteiger partial charge on any atom is -0.126 e. The first kappa shape index (κ1) is 17.6. The van der Waals surface area contributed by atoms with Crippen molar-refractivity contribution in [3.05, 3.63) is 35.9 Å². The van der Waals surface area contributed by atoms with E-state index in [0.29, 0.717) is 0 Å². The molecule has 1 aromatic carbocycles. The first-order chi connectivity index (χ1) is 9.79. The van der Waals surface area contributed by atoms with Crippen molar-refractivity contribution in [1.82, 2.24) is 0 Å². The van der Waals surface area contributed by atoms with Crippen LogP contribution in [0.2, 0.25) is 0 Å². The number of halogens is 1. The molecular weight excluding hydrogens is 264 g/mol. The van der Waals surface area contributed by atoms with Crippen molar-refractivity contribution in [2.75, 3.05) is 5.88 Å². The monoisotopic (exact) mass is 294 g/mol. The van der Waals surface area contributed by atoms with Gasteiger partial charge in [-0.15, -0.1) is 11.6 Å². The Kier molecular flexibility index (Phi) is 9.02. The Morgan fingerprint density at radius 1 is 0.850 bits per heavy atom. The molecule has 0 amide bonds. The summed E-state index contributed by atoms with van der Waals surface area (Å²) in [5.41, 5.74) is 1.61. The SMILES string of the molecule is CCCCCCCCCC(CC)(CCl)c1ccccc1. The molecule has 0 aliphatic heterocycles. The minimum absolute atomic E-state index is 0.187. The Morgan fingerprint density at radius 3 is 2.00 bits per heavy atom. The van der Waals surface area contributed by atoms with Crippen LogP contribution in [0.4, 0.5) is 0 Å². The third-order valence-corrected chi connectivity index (χ3v) is 5.09. The highest BCUT2D eigenvalue weighted by Gasteiger charge is 2.28. The molecule has 0 fully saturated rings. The first-order valence-corrected chi connectivity index (χ1v) is 8.94. The molecule has 1 rings (SSSR count). The average molecular weight is 295 g/mol. The summed E-state index contributed by atoms with van der Waals surface area (Å²) in [4.78, 5) is 0. The number of alkyl halides is 1. The quantitative estimate of drug-likeness (QED) is 0.314. The van der Waals surface area contributed by atoms with Gasteiger partial charge >= 0.3 is 0 Å². The van der Waals surface area contributed by atoms with Gasteiger partial charge in [-0.2, -0.15) is 0 Å². The van der Waals surface area contributed by atoms with Gasteiger partial charge in [0.2, 0.25) is 0 Å². The van der Waals surface area contributed by atoms with E-state index < -0.39 is 0 Å². The lowest BCUT2D eigenvalue weighted by Gasteiger charge is -2.31. The largest absolute Gasteiger partial charge is 0.126 e. The van der Waals surface area contributed by atoms with Crippen molar-refractivity contribution in [3.63, 3.8) is 0 Å². The minimum atomic E-state index is 0.187. The van der Waals surface area contributed by atoms with Gasteiger partial charge in [-0.1, -0.05) is 89.1 Å². The Bertz CT molecular complexity index is 327. The molecule has 0 aliphatic rings. The highest BCUT2D eigenvalue weighted by molar-refractivity contribution is 6.18. The zero-order chi connectivity index (χ0) is 14.7. The van der Waals surface area contributed by atoms with Crippen molar-refractivity contribution in [2.45, 2.75) is 77.0 Å². The van der Waals surface area contributed by atoms with E-state index in [1.807, 2.05) is 0 Å². The second-order valence-corrected chi connectivity index (χ2v) is 6.27. The zero-order valence-electron chi connectivity index (χ0n) is 13.3. The van der Waals surface area contributed by atoms with E-state index in [0.717, 1.165) is 12.3 Å². The van der Waals surface area contributed by atoms with E-state index in [-0.39, 0.29) is 5.41 Å². The van der Waals surface area contributed by atoms with E-state index in [2.05, 4.69) is 44.2 Å². The average Bonchev–Trinajstić information content (AvgIpc) is 2.52. The maximum absolute atomic E-state index is 6.34. The maximum Gasteiger partial charge on any atom is 0.0320 e. The predicted molar refractivity (Wildman–Crippen MR) is 91.7 cm³/mol. The van der Waals surface area contributed by atoms with Crippen LogP contribution >= 0.6 is 11.6 Å². The lowest BCUT2D eigenvalue weighted by molar-refractivity contribution is 0.399. The fourth-order valence-corrected chi connectivity index (χ4v) is 3.45. The van der Waals surface area contributed by atoms with Gasteiger partial charge in [0.25, 0.3) is 0 Å². The summed E-state index contributed by atoms with van der Waals surface area (Å²) in [7, 11) is 0. The van der Waals surface area contributed by atoms with Crippen molar-refractivity contribution < 1.29 is 0 Å². The normalized spacial score (nSPS) is 14.2. The standard InChI is InChI=1S/C19H31Cl/c1-3-5-6-7-8-9-13-16-19(4-2,17-20)18-14-11-10-12-15-18/h10-12,14-15H,3-9,13,16-17H2,1-2H3. The van der Waals surface area contributed by atoms with Crippen molar-refractivity contribution in [3.8, 4) is 0 Å². The third kappa shape index (κ3) is 5.48.